The van der Waals surface area contributed by atoms with Crippen LogP contribution in [0.2, 0.25) is 5.02 Å². The number of carbonyl (C=O) groups is 2. The van der Waals surface area contributed by atoms with E-state index in [0.29, 0.717) is 35.3 Å². The Morgan fingerprint density at radius 2 is 1.71 bits per heavy atom. The predicted molar refractivity (Wildman–Crippen MR) is 106 cm³/mol. The first kappa shape index (κ1) is 18.8. The van der Waals surface area contributed by atoms with Gasteiger partial charge in [-0.2, -0.15) is 0 Å². The fraction of sp³-hybridized carbons (Fsp3) is 0.333. The van der Waals surface area contributed by atoms with E-state index in [1.165, 1.54) is 10.5 Å². The van der Waals surface area contributed by atoms with Crippen LogP contribution in [0.1, 0.15) is 17.5 Å². The van der Waals surface area contributed by atoms with Crippen molar-refractivity contribution in [3.8, 4) is 11.5 Å². The van der Waals surface area contributed by atoms with Crippen LogP contribution in [0.5, 0.6) is 11.5 Å². The van der Waals surface area contributed by atoms with Crippen LogP contribution in [0.15, 0.2) is 36.4 Å². The van der Waals surface area contributed by atoms with Gasteiger partial charge in [0.05, 0.1) is 37.4 Å². The van der Waals surface area contributed by atoms with Crippen LogP contribution in [0.3, 0.4) is 0 Å². The molecule has 1 atom stereocenters. The first-order chi connectivity index (χ1) is 13.5. The molecule has 146 valence electrons. The van der Waals surface area contributed by atoms with Crippen molar-refractivity contribution in [2.24, 2.45) is 0 Å². The molecule has 0 radical (unpaired) electrons. The van der Waals surface area contributed by atoms with E-state index >= 15 is 0 Å². The monoisotopic (exact) mass is 400 g/mol. The SMILES string of the molecule is COc1cc2c(cc1OC)CN([C@H]1CC(=O)N(c3ccccc3Cl)C1=O)CC2. The highest BCUT2D eigenvalue weighted by Gasteiger charge is 2.44. The quantitative estimate of drug-likeness (QED) is 0.738. The largest absolute Gasteiger partial charge is 0.493 e. The summed E-state index contributed by atoms with van der Waals surface area (Å²) in [5.74, 6) is 0.921. The van der Waals surface area contributed by atoms with Crippen molar-refractivity contribution in [1.29, 1.82) is 0 Å². The Morgan fingerprint density at radius 3 is 2.39 bits per heavy atom. The second-order valence-corrected chi connectivity index (χ2v) is 7.34. The lowest BCUT2D eigenvalue weighted by atomic mass is 9.97. The molecule has 0 bridgehead atoms. The predicted octanol–water partition coefficient (Wildman–Crippen LogP) is 3.05. The molecule has 7 heteroatoms. The van der Waals surface area contributed by atoms with Crippen LogP contribution < -0.4 is 14.4 Å². The molecule has 2 aliphatic rings. The van der Waals surface area contributed by atoms with Gasteiger partial charge in [-0.3, -0.25) is 14.5 Å². The molecule has 4 rings (SSSR count). The number of nitrogens with zero attached hydrogens (tertiary/aromatic N) is 2. The maximum Gasteiger partial charge on any atom is 0.251 e. The van der Waals surface area contributed by atoms with Crippen molar-refractivity contribution >= 4 is 29.1 Å². The van der Waals surface area contributed by atoms with E-state index in [1.807, 2.05) is 12.1 Å². The Hall–Kier alpha value is -2.57. The van der Waals surface area contributed by atoms with Gasteiger partial charge in [0.15, 0.2) is 11.5 Å². The normalized spacial score (nSPS) is 19.7. The number of amides is 2. The Morgan fingerprint density at radius 1 is 1.04 bits per heavy atom. The number of rotatable bonds is 4. The summed E-state index contributed by atoms with van der Waals surface area (Å²) < 4.78 is 10.8. The van der Waals surface area contributed by atoms with E-state index in [1.54, 1.807) is 38.5 Å². The van der Waals surface area contributed by atoms with Crippen LogP contribution in [0, 0.1) is 0 Å². The summed E-state index contributed by atoms with van der Waals surface area (Å²) in [5.41, 5.74) is 2.71. The van der Waals surface area contributed by atoms with Crippen molar-refractivity contribution in [1.82, 2.24) is 4.90 Å². The summed E-state index contributed by atoms with van der Waals surface area (Å²) in [6, 6.07) is 10.4. The highest BCUT2D eigenvalue weighted by atomic mass is 35.5. The zero-order chi connectivity index (χ0) is 19.8. The number of halogens is 1. The fourth-order valence-corrected chi connectivity index (χ4v) is 4.18. The van der Waals surface area contributed by atoms with Gasteiger partial charge in [-0.25, -0.2) is 4.90 Å². The lowest BCUT2D eigenvalue weighted by Gasteiger charge is -2.32. The molecule has 28 heavy (non-hydrogen) atoms. The molecule has 1 saturated heterocycles. The molecule has 2 aliphatic heterocycles. The molecule has 2 heterocycles. The number of benzene rings is 2. The van der Waals surface area contributed by atoms with Crippen LogP contribution in [0.4, 0.5) is 5.69 Å². The summed E-state index contributed by atoms with van der Waals surface area (Å²) >= 11 is 6.21. The topological polar surface area (TPSA) is 59.1 Å². The second-order valence-electron chi connectivity index (χ2n) is 6.94. The average Bonchev–Trinajstić information content (AvgIpc) is 3.01. The Labute approximate surface area is 168 Å². The smallest absolute Gasteiger partial charge is 0.251 e. The van der Waals surface area contributed by atoms with Gasteiger partial charge in [0.25, 0.3) is 5.91 Å². The first-order valence-corrected chi connectivity index (χ1v) is 9.50. The molecular formula is C21H21ClN2O4. The minimum absolute atomic E-state index is 0.159. The average molecular weight is 401 g/mol. The van der Waals surface area contributed by atoms with Crippen molar-refractivity contribution in [2.75, 3.05) is 25.7 Å². The maximum absolute atomic E-state index is 13.1. The molecule has 0 aliphatic carbocycles. The van der Waals surface area contributed by atoms with Crippen molar-refractivity contribution in [2.45, 2.75) is 25.4 Å². The molecule has 6 nitrogen and oxygen atoms in total. The Bertz CT molecular complexity index is 946. The van der Waals surface area contributed by atoms with Crippen LogP contribution in [-0.2, 0) is 22.6 Å². The van der Waals surface area contributed by atoms with Gasteiger partial charge in [-0.05, 0) is 41.8 Å². The third-order valence-electron chi connectivity index (χ3n) is 5.40. The van der Waals surface area contributed by atoms with Gasteiger partial charge in [-0.1, -0.05) is 23.7 Å². The molecule has 0 unspecified atom stereocenters. The number of fused-ring (bicyclic) bond motifs is 1. The van der Waals surface area contributed by atoms with Gasteiger partial charge in [0, 0.05) is 13.1 Å². The molecular weight excluding hydrogens is 380 g/mol. The van der Waals surface area contributed by atoms with Crippen LogP contribution in [0.25, 0.3) is 0 Å². The molecule has 2 aromatic rings. The number of methoxy groups -OCH3 is 2. The number of ether oxygens (including phenoxy) is 2. The standard InChI is InChI=1S/C21H21ClN2O4/c1-27-18-9-13-7-8-23(12-14(13)10-19(18)28-2)17-11-20(25)24(21(17)26)16-6-4-3-5-15(16)22/h3-6,9-10,17H,7-8,11-12H2,1-2H3/t17-/m0/s1. The first-order valence-electron chi connectivity index (χ1n) is 9.12. The minimum atomic E-state index is -0.481. The van der Waals surface area contributed by atoms with E-state index in [-0.39, 0.29) is 18.2 Å². The van der Waals surface area contributed by atoms with Gasteiger partial charge >= 0.3 is 0 Å². The van der Waals surface area contributed by atoms with E-state index in [2.05, 4.69) is 4.90 Å². The number of para-hydroxylation sites is 1. The molecule has 0 aromatic heterocycles. The molecule has 0 spiro atoms. The molecule has 1 fully saturated rings. The fourth-order valence-electron chi connectivity index (χ4n) is 3.96. The van der Waals surface area contributed by atoms with E-state index < -0.39 is 6.04 Å². The van der Waals surface area contributed by atoms with Crippen molar-refractivity contribution in [3.05, 3.63) is 52.5 Å². The highest BCUT2D eigenvalue weighted by molar-refractivity contribution is 6.36. The van der Waals surface area contributed by atoms with Gasteiger partial charge in [-0.15, -0.1) is 0 Å². The summed E-state index contributed by atoms with van der Waals surface area (Å²) in [4.78, 5) is 28.9. The third-order valence-corrected chi connectivity index (χ3v) is 5.72. The Kier molecular flexibility index (Phi) is 5.00. The van der Waals surface area contributed by atoms with Crippen LogP contribution >= 0.6 is 11.6 Å². The van der Waals surface area contributed by atoms with E-state index in [0.717, 1.165) is 12.0 Å². The van der Waals surface area contributed by atoms with Gasteiger partial charge in [0.2, 0.25) is 5.91 Å². The van der Waals surface area contributed by atoms with Crippen molar-refractivity contribution in [3.63, 3.8) is 0 Å². The maximum atomic E-state index is 13.1. The number of imide groups is 1. The number of hydrogen-bond acceptors (Lipinski definition) is 5. The second kappa shape index (κ2) is 7.45. The number of anilines is 1. The third kappa shape index (κ3) is 3.12. The van der Waals surface area contributed by atoms with E-state index in [9.17, 15) is 9.59 Å². The summed E-state index contributed by atoms with van der Waals surface area (Å²) in [6.07, 6.45) is 0.937. The Balaban J connectivity index is 1.59. The van der Waals surface area contributed by atoms with Crippen LogP contribution in [-0.4, -0.2) is 43.5 Å². The molecule has 0 saturated carbocycles. The van der Waals surface area contributed by atoms with E-state index in [4.69, 9.17) is 21.1 Å². The zero-order valence-electron chi connectivity index (χ0n) is 15.8. The summed E-state index contributed by atoms with van der Waals surface area (Å²) in [7, 11) is 3.22. The minimum Gasteiger partial charge on any atom is -0.493 e. The zero-order valence-corrected chi connectivity index (χ0v) is 16.5. The number of carbonyl (C=O) groups excluding carboxylic acids is 2. The lowest BCUT2D eigenvalue weighted by Crippen LogP contribution is -2.44. The number of hydrogen-bond donors (Lipinski definition) is 0. The molecule has 0 N–H and O–H groups in total. The summed E-state index contributed by atoms with van der Waals surface area (Å²) in [5, 5.41) is 0.394. The van der Waals surface area contributed by atoms with Crippen molar-refractivity contribution < 1.29 is 19.1 Å². The molecule has 2 amide bonds. The van der Waals surface area contributed by atoms with Gasteiger partial charge < -0.3 is 9.47 Å². The summed E-state index contributed by atoms with van der Waals surface area (Å²) in [6.45, 7) is 1.28. The molecule has 2 aromatic carbocycles. The highest BCUT2D eigenvalue weighted by Crippen LogP contribution is 2.36. The lowest BCUT2D eigenvalue weighted by molar-refractivity contribution is -0.123. The van der Waals surface area contributed by atoms with Gasteiger partial charge in [0.1, 0.15) is 0 Å².